The third kappa shape index (κ3) is 2.28. The molecule has 0 saturated heterocycles. The Labute approximate surface area is 138 Å². The van der Waals surface area contributed by atoms with Crippen molar-refractivity contribution in [3.05, 3.63) is 10.6 Å². The van der Waals surface area contributed by atoms with Crippen LogP contribution in [0.15, 0.2) is 0 Å². The number of aromatic nitrogens is 3. The van der Waals surface area contributed by atoms with E-state index < -0.39 is 0 Å². The average molecular weight is 321 g/mol. The van der Waals surface area contributed by atoms with Gasteiger partial charge in [0, 0.05) is 19.0 Å². The van der Waals surface area contributed by atoms with Crippen LogP contribution >= 0.6 is 12.2 Å². The van der Waals surface area contributed by atoms with E-state index in [1.807, 2.05) is 0 Å². The molecule has 4 aliphatic rings. The number of likely N-dealkylation sites (N-methyl/N-ethyl adjacent to an activating group) is 1. The Morgan fingerprint density at radius 1 is 1.14 bits per heavy atom. The Hall–Kier alpha value is -0.680. The highest BCUT2D eigenvalue weighted by molar-refractivity contribution is 7.71. The number of hydrogen-bond acceptors (Lipinski definition) is 3. The van der Waals surface area contributed by atoms with Gasteiger partial charge in [0.25, 0.3) is 0 Å². The lowest BCUT2D eigenvalue weighted by Crippen LogP contribution is -2.49. The van der Waals surface area contributed by atoms with Crippen molar-refractivity contribution in [3.63, 3.8) is 0 Å². The average Bonchev–Trinajstić information content (AvgIpc) is 2.72. The summed E-state index contributed by atoms with van der Waals surface area (Å²) in [4.78, 5) is 2.20. The molecule has 122 valence electrons. The van der Waals surface area contributed by atoms with E-state index in [4.69, 9.17) is 17.3 Å². The molecule has 0 spiro atoms. The maximum absolute atomic E-state index is 5.67. The summed E-state index contributed by atoms with van der Waals surface area (Å²) in [5, 5.41) is 5.02. The van der Waals surface area contributed by atoms with Crippen LogP contribution in [0.3, 0.4) is 0 Å². The number of hydrogen-bond donors (Lipinski definition) is 0. The van der Waals surface area contributed by atoms with Gasteiger partial charge in [-0.1, -0.05) is 0 Å². The van der Waals surface area contributed by atoms with Crippen LogP contribution in [-0.2, 0) is 19.0 Å². The van der Waals surface area contributed by atoms with Gasteiger partial charge in [0.1, 0.15) is 5.82 Å². The van der Waals surface area contributed by atoms with Crippen molar-refractivity contribution in [1.29, 1.82) is 0 Å². The molecule has 1 aromatic heterocycles. The molecule has 0 N–H and O–H groups in total. The van der Waals surface area contributed by atoms with Crippen molar-refractivity contribution >= 4 is 12.2 Å². The van der Waals surface area contributed by atoms with Crippen molar-refractivity contribution in [3.8, 4) is 0 Å². The van der Waals surface area contributed by atoms with Crippen molar-refractivity contribution in [2.45, 2.75) is 50.5 Å². The predicted molar refractivity (Wildman–Crippen MR) is 90.4 cm³/mol. The summed E-state index contributed by atoms with van der Waals surface area (Å²) in [6.45, 7) is 1.89. The van der Waals surface area contributed by atoms with Crippen LogP contribution in [0.1, 0.15) is 44.3 Å². The van der Waals surface area contributed by atoms with Gasteiger partial charge in [-0.2, -0.15) is 5.10 Å². The molecule has 5 rings (SSSR count). The Morgan fingerprint density at radius 2 is 1.68 bits per heavy atom. The minimum Gasteiger partial charge on any atom is -0.308 e. The van der Waals surface area contributed by atoms with Gasteiger partial charge in [0.05, 0.1) is 6.54 Å². The van der Waals surface area contributed by atoms with Crippen molar-refractivity contribution in [2.75, 3.05) is 20.6 Å². The van der Waals surface area contributed by atoms with E-state index in [1.165, 1.54) is 44.3 Å². The lowest BCUT2D eigenvalue weighted by molar-refractivity contribution is -0.0110. The summed E-state index contributed by atoms with van der Waals surface area (Å²) in [7, 11) is 6.34. The fraction of sp³-hybridized carbons (Fsp3) is 0.882. The third-order valence-electron chi connectivity index (χ3n) is 6.31. The fourth-order valence-corrected chi connectivity index (χ4v) is 5.99. The molecule has 4 bridgehead atoms. The van der Waals surface area contributed by atoms with Gasteiger partial charge < -0.3 is 9.47 Å². The van der Waals surface area contributed by atoms with Gasteiger partial charge in [-0.25, -0.2) is 4.68 Å². The molecule has 4 aliphatic carbocycles. The third-order valence-corrected chi connectivity index (χ3v) is 6.80. The highest BCUT2D eigenvalue weighted by Gasteiger charge is 2.53. The van der Waals surface area contributed by atoms with Gasteiger partial charge >= 0.3 is 0 Å². The molecule has 4 nitrogen and oxygen atoms in total. The zero-order valence-corrected chi connectivity index (χ0v) is 14.9. The highest BCUT2D eigenvalue weighted by Crippen LogP contribution is 2.60. The Bertz CT molecular complexity index is 592. The maximum Gasteiger partial charge on any atom is 0.197 e. The molecule has 0 aliphatic heterocycles. The van der Waals surface area contributed by atoms with E-state index in [2.05, 4.69) is 35.3 Å². The van der Waals surface area contributed by atoms with E-state index in [0.717, 1.165) is 35.6 Å². The van der Waals surface area contributed by atoms with Crippen LogP contribution in [0.5, 0.6) is 0 Å². The first-order valence-electron chi connectivity index (χ1n) is 8.76. The van der Waals surface area contributed by atoms with Crippen LogP contribution in [0.25, 0.3) is 0 Å². The van der Waals surface area contributed by atoms with Gasteiger partial charge in [-0.05, 0) is 82.6 Å². The second-order valence-electron chi connectivity index (χ2n) is 8.39. The smallest absolute Gasteiger partial charge is 0.197 e. The summed E-state index contributed by atoms with van der Waals surface area (Å²) < 4.78 is 5.18. The van der Waals surface area contributed by atoms with Gasteiger partial charge in [-0.15, -0.1) is 0 Å². The monoisotopic (exact) mass is 320 g/mol. The Balaban J connectivity index is 1.68. The fourth-order valence-electron chi connectivity index (χ4n) is 5.77. The standard InChI is InChI=1S/C17H28N4S/c1-19(2)4-5-21-16(22)20(3)15(18-21)17-9-12-6-13(10-17)8-14(7-12)11-17/h12-14H,4-11H2,1-3H3. The lowest BCUT2D eigenvalue weighted by Gasteiger charge is -2.56. The summed E-state index contributed by atoms with van der Waals surface area (Å²) >= 11 is 5.67. The van der Waals surface area contributed by atoms with E-state index in [1.54, 1.807) is 0 Å². The zero-order valence-electron chi connectivity index (χ0n) is 14.1. The minimum absolute atomic E-state index is 0.334. The summed E-state index contributed by atoms with van der Waals surface area (Å²) in [6, 6.07) is 0. The van der Waals surface area contributed by atoms with E-state index in [9.17, 15) is 0 Å². The predicted octanol–water partition coefficient (Wildman–Crippen LogP) is 2.98. The summed E-state index contributed by atoms with van der Waals surface area (Å²) in [6.07, 6.45) is 8.49. The molecule has 4 saturated carbocycles. The molecule has 0 unspecified atom stereocenters. The van der Waals surface area contributed by atoms with Crippen LogP contribution in [-0.4, -0.2) is 39.9 Å². The molecule has 0 atom stereocenters. The van der Waals surface area contributed by atoms with E-state index >= 15 is 0 Å². The quantitative estimate of drug-likeness (QED) is 0.798. The van der Waals surface area contributed by atoms with Crippen molar-refractivity contribution in [1.82, 2.24) is 19.2 Å². The number of rotatable bonds is 4. The van der Waals surface area contributed by atoms with Crippen molar-refractivity contribution in [2.24, 2.45) is 24.8 Å². The molecular weight excluding hydrogens is 292 g/mol. The molecule has 1 heterocycles. The van der Waals surface area contributed by atoms with Crippen LogP contribution in [0.4, 0.5) is 0 Å². The Kier molecular flexibility index (Phi) is 3.49. The molecular formula is C17H28N4S. The molecule has 0 radical (unpaired) electrons. The zero-order chi connectivity index (χ0) is 15.5. The SMILES string of the molecule is CN(C)CCn1nc(C23CC4CC(CC(C4)C2)C3)n(C)c1=S. The molecule has 0 aromatic carbocycles. The maximum atomic E-state index is 5.67. The summed E-state index contributed by atoms with van der Waals surface area (Å²) in [5.41, 5.74) is 0.334. The minimum atomic E-state index is 0.334. The second kappa shape index (κ2) is 5.17. The normalized spacial score (nSPS) is 36.5. The van der Waals surface area contributed by atoms with Gasteiger partial charge in [-0.3, -0.25) is 0 Å². The molecule has 4 fully saturated rings. The van der Waals surface area contributed by atoms with Gasteiger partial charge in [0.15, 0.2) is 4.77 Å². The molecule has 1 aromatic rings. The molecule has 5 heteroatoms. The van der Waals surface area contributed by atoms with Gasteiger partial charge in [0.2, 0.25) is 0 Å². The Morgan fingerprint density at radius 3 is 2.18 bits per heavy atom. The van der Waals surface area contributed by atoms with Crippen molar-refractivity contribution < 1.29 is 0 Å². The highest BCUT2D eigenvalue weighted by atomic mass is 32.1. The topological polar surface area (TPSA) is 26.0 Å². The number of nitrogens with zero attached hydrogens (tertiary/aromatic N) is 4. The lowest BCUT2D eigenvalue weighted by atomic mass is 9.49. The molecule has 22 heavy (non-hydrogen) atoms. The van der Waals surface area contributed by atoms with Crippen LogP contribution in [0, 0.1) is 22.5 Å². The molecule has 0 amide bonds. The van der Waals surface area contributed by atoms with E-state index in [-0.39, 0.29) is 0 Å². The van der Waals surface area contributed by atoms with Crippen LogP contribution < -0.4 is 0 Å². The summed E-state index contributed by atoms with van der Waals surface area (Å²) in [5.74, 6) is 4.14. The second-order valence-corrected chi connectivity index (χ2v) is 8.75. The van der Waals surface area contributed by atoms with E-state index in [0.29, 0.717) is 5.41 Å². The first-order chi connectivity index (χ1) is 10.5. The largest absolute Gasteiger partial charge is 0.308 e. The first kappa shape index (κ1) is 14.9. The first-order valence-corrected chi connectivity index (χ1v) is 9.17. The van der Waals surface area contributed by atoms with Crippen LogP contribution in [0.2, 0.25) is 0 Å².